The average Bonchev–Trinajstić information content (AvgIpc) is 3.31. The van der Waals surface area contributed by atoms with E-state index in [9.17, 15) is 0 Å². The summed E-state index contributed by atoms with van der Waals surface area (Å²) in [5.41, 5.74) is 9.72. The Morgan fingerprint density at radius 1 is 0.960 bits per heavy atom. The molecule has 1 spiro atoms. The summed E-state index contributed by atoms with van der Waals surface area (Å²) >= 11 is 0. The molecule has 6 fully saturated rings. The van der Waals surface area contributed by atoms with Gasteiger partial charge in [0.15, 0.2) is 5.79 Å². The lowest BCUT2D eigenvalue weighted by atomic mass is 9.58. The van der Waals surface area contributed by atoms with Crippen molar-refractivity contribution in [2.75, 3.05) is 13.2 Å². The second-order valence-electron chi connectivity index (χ2n) is 9.00. The van der Waals surface area contributed by atoms with Crippen LogP contribution in [0.3, 0.4) is 0 Å². The van der Waals surface area contributed by atoms with Crippen LogP contribution >= 0.6 is 0 Å². The van der Waals surface area contributed by atoms with E-state index in [0.717, 1.165) is 43.4 Å². The van der Waals surface area contributed by atoms with Gasteiger partial charge < -0.3 is 15.2 Å². The maximum absolute atomic E-state index is 6.31. The largest absolute Gasteiger partial charge is 0.347 e. The second kappa shape index (κ2) is 4.36. The van der Waals surface area contributed by atoms with Crippen molar-refractivity contribution in [3.63, 3.8) is 0 Å². The number of rotatable bonds is 3. The minimum Gasteiger partial charge on any atom is -0.347 e. The molecule has 1 saturated heterocycles. The molecule has 4 nitrogen and oxygen atoms in total. The van der Waals surface area contributed by atoms with Crippen molar-refractivity contribution in [1.82, 2.24) is 0 Å². The highest BCUT2D eigenvalue weighted by molar-refractivity contribution is 5.96. The molecule has 25 heavy (non-hydrogen) atoms. The third-order valence-corrected chi connectivity index (χ3v) is 8.56. The summed E-state index contributed by atoms with van der Waals surface area (Å²) in [6, 6.07) is 8.63. The van der Waals surface area contributed by atoms with Gasteiger partial charge in [0.25, 0.3) is 0 Å². The van der Waals surface area contributed by atoms with Crippen LogP contribution in [0.2, 0.25) is 0 Å². The van der Waals surface area contributed by atoms with Crippen LogP contribution in [0.4, 0.5) is 0 Å². The van der Waals surface area contributed by atoms with Gasteiger partial charge in [-0.05, 0) is 41.2 Å². The summed E-state index contributed by atoms with van der Waals surface area (Å²) in [5.74, 6) is 5.83. The van der Waals surface area contributed by atoms with Crippen molar-refractivity contribution < 1.29 is 9.47 Å². The van der Waals surface area contributed by atoms with E-state index >= 15 is 0 Å². The van der Waals surface area contributed by atoms with Gasteiger partial charge in [0, 0.05) is 35.9 Å². The maximum Gasteiger partial charge on any atom is 0.175 e. The van der Waals surface area contributed by atoms with Crippen molar-refractivity contribution >= 4 is 5.71 Å². The van der Waals surface area contributed by atoms with E-state index in [0.29, 0.717) is 30.2 Å². The molecule has 0 aromatic heterocycles. The molecule has 0 radical (unpaired) electrons. The Morgan fingerprint density at radius 3 is 2.48 bits per heavy atom. The number of fused-ring (bicyclic) bond motifs is 4. The van der Waals surface area contributed by atoms with E-state index in [1.54, 1.807) is 0 Å². The quantitative estimate of drug-likeness (QED) is 0.921. The molecular formula is C21H24N2O2. The monoisotopic (exact) mass is 336 g/mol. The predicted octanol–water partition coefficient (Wildman–Crippen LogP) is 2.22. The number of benzene rings is 1. The highest BCUT2D eigenvalue weighted by Gasteiger charge is 2.88. The SMILES string of the molecule is NCc1ccc(CN=C2C3C4CC5C6C4C2C6C2(OCCO2)C53)cc1. The van der Waals surface area contributed by atoms with Crippen molar-refractivity contribution in [2.24, 2.45) is 58.1 Å². The van der Waals surface area contributed by atoms with E-state index in [-0.39, 0.29) is 5.79 Å². The van der Waals surface area contributed by atoms with E-state index < -0.39 is 0 Å². The van der Waals surface area contributed by atoms with Crippen molar-refractivity contribution in [1.29, 1.82) is 0 Å². The number of aliphatic imine (C=N–C) groups is 1. The molecule has 1 aliphatic heterocycles. The summed E-state index contributed by atoms with van der Waals surface area (Å²) in [6.07, 6.45) is 1.41. The van der Waals surface area contributed by atoms with Crippen LogP contribution in [0.5, 0.6) is 0 Å². The minimum atomic E-state index is -0.214. The van der Waals surface area contributed by atoms with E-state index in [1.165, 1.54) is 23.3 Å². The zero-order chi connectivity index (χ0) is 16.3. The first kappa shape index (κ1) is 13.9. The van der Waals surface area contributed by atoms with Crippen LogP contribution in [-0.2, 0) is 22.6 Å². The summed E-state index contributed by atoms with van der Waals surface area (Å²) < 4.78 is 12.6. The fraction of sp³-hybridized carbons (Fsp3) is 0.667. The lowest BCUT2D eigenvalue weighted by Crippen LogP contribution is -2.58. The van der Waals surface area contributed by atoms with Crippen LogP contribution in [-0.4, -0.2) is 24.7 Å². The molecule has 1 heterocycles. The Morgan fingerprint density at radius 2 is 1.72 bits per heavy atom. The molecule has 8 atom stereocenters. The standard InChI is InChI=1S/C21H24N2O2/c22-8-10-1-3-11(4-2-10)9-23-20-16-12-7-13-15-14(12)17(20)19(15)21(18(13)16)24-5-6-25-21/h1-4,12-19H,5-9,22H2. The molecule has 5 aliphatic carbocycles. The van der Waals surface area contributed by atoms with Crippen LogP contribution < -0.4 is 5.73 Å². The molecule has 7 rings (SSSR count). The third kappa shape index (κ3) is 1.37. The molecule has 130 valence electrons. The van der Waals surface area contributed by atoms with Crippen LogP contribution in [0.1, 0.15) is 17.5 Å². The number of nitrogens with zero attached hydrogens (tertiary/aromatic N) is 1. The predicted molar refractivity (Wildman–Crippen MR) is 92.6 cm³/mol. The highest BCUT2D eigenvalue weighted by Crippen LogP contribution is 2.85. The molecule has 6 aliphatic rings. The topological polar surface area (TPSA) is 56.8 Å². The van der Waals surface area contributed by atoms with Crippen LogP contribution in [0.15, 0.2) is 29.3 Å². The Kier molecular flexibility index (Phi) is 2.42. The summed E-state index contributed by atoms with van der Waals surface area (Å²) in [5, 5.41) is 0. The first-order valence-electron chi connectivity index (χ1n) is 9.93. The molecule has 8 unspecified atom stereocenters. The summed E-state index contributed by atoms with van der Waals surface area (Å²) in [7, 11) is 0. The normalized spacial score (nSPS) is 50.5. The fourth-order valence-electron chi connectivity index (χ4n) is 8.15. The highest BCUT2D eigenvalue weighted by atomic mass is 16.7. The lowest BCUT2D eigenvalue weighted by Gasteiger charge is -2.51. The van der Waals surface area contributed by atoms with E-state index in [1.807, 2.05) is 0 Å². The van der Waals surface area contributed by atoms with Gasteiger partial charge >= 0.3 is 0 Å². The Labute approximate surface area is 147 Å². The van der Waals surface area contributed by atoms with Crippen molar-refractivity contribution in [3.8, 4) is 0 Å². The van der Waals surface area contributed by atoms with Gasteiger partial charge in [-0.15, -0.1) is 0 Å². The van der Waals surface area contributed by atoms with E-state index in [2.05, 4.69) is 24.3 Å². The number of nitrogens with two attached hydrogens (primary N) is 1. The first-order chi connectivity index (χ1) is 12.3. The molecule has 4 heteroatoms. The van der Waals surface area contributed by atoms with Gasteiger partial charge in [0.05, 0.1) is 19.8 Å². The smallest absolute Gasteiger partial charge is 0.175 e. The lowest BCUT2D eigenvalue weighted by molar-refractivity contribution is -0.240. The molecular weight excluding hydrogens is 312 g/mol. The van der Waals surface area contributed by atoms with Gasteiger partial charge in [-0.2, -0.15) is 0 Å². The summed E-state index contributed by atoms with van der Waals surface area (Å²) in [4.78, 5) is 5.20. The minimum absolute atomic E-state index is 0.214. The third-order valence-electron chi connectivity index (χ3n) is 8.56. The van der Waals surface area contributed by atoms with Crippen LogP contribution in [0, 0.1) is 47.3 Å². The molecule has 1 aromatic rings. The molecule has 5 saturated carbocycles. The number of hydrogen-bond acceptors (Lipinski definition) is 4. The Balaban J connectivity index is 1.24. The van der Waals surface area contributed by atoms with Crippen molar-refractivity contribution in [3.05, 3.63) is 35.4 Å². The zero-order valence-electron chi connectivity index (χ0n) is 14.3. The molecule has 2 bridgehead atoms. The van der Waals surface area contributed by atoms with Crippen molar-refractivity contribution in [2.45, 2.75) is 25.3 Å². The van der Waals surface area contributed by atoms with Gasteiger partial charge in [-0.3, -0.25) is 4.99 Å². The average molecular weight is 336 g/mol. The number of ether oxygens (including phenoxy) is 2. The number of hydrogen-bond donors (Lipinski definition) is 1. The maximum atomic E-state index is 6.31. The Hall–Kier alpha value is -1.23. The van der Waals surface area contributed by atoms with Gasteiger partial charge in [0.2, 0.25) is 0 Å². The first-order valence-corrected chi connectivity index (χ1v) is 9.93. The summed E-state index contributed by atoms with van der Waals surface area (Å²) in [6.45, 7) is 3.01. The Bertz CT molecular complexity index is 782. The second-order valence-corrected chi connectivity index (χ2v) is 9.00. The van der Waals surface area contributed by atoms with Gasteiger partial charge in [0.1, 0.15) is 0 Å². The van der Waals surface area contributed by atoms with E-state index in [4.69, 9.17) is 20.2 Å². The van der Waals surface area contributed by atoms with Gasteiger partial charge in [-0.25, -0.2) is 0 Å². The zero-order valence-corrected chi connectivity index (χ0v) is 14.3. The molecule has 0 amide bonds. The molecule has 1 aromatic carbocycles. The molecule has 2 N–H and O–H groups in total. The fourth-order valence-corrected chi connectivity index (χ4v) is 8.15. The van der Waals surface area contributed by atoms with Gasteiger partial charge in [-0.1, -0.05) is 24.3 Å². The van der Waals surface area contributed by atoms with Crippen LogP contribution in [0.25, 0.3) is 0 Å².